The van der Waals surface area contributed by atoms with E-state index < -0.39 is 0 Å². The number of nitrogens with one attached hydrogen (secondary N) is 1. The Labute approximate surface area is 87.9 Å². The van der Waals surface area contributed by atoms with Gasteiger partial charge < -0.3 is 5.32 Å². The summed E-state index contributed by atoms with van der Waals surface area (Å²) in [6.07, 6.45) is 1.83. The molecule has 0 fully saturated rings. The summed E-state index contributed by atoms with van der Waals surface area (Å²) in [5.41, 5.74) is 1.09. The zero-order valence-corrected chi connectivity index (χ0v) is 9.63. The van der Waals surface area contributed by atoms with Crippen molar-refractivity contribution < 1.29 is 0 Å². The largest absolute Gasteiger partial charge is 0.311 e. The van der Waals surface area contributed by atoms with Gasteiger partial charge in [0.15, 0.2) is 0 Å². The summed E-state index contributed by atoms with van der Waals surface area (Å²) in [6, 6.07) is 4.04. The van der Waals surface area contributed by atoms with Crippen molar-refractivity contribution >= 4 is 15.9 Å². The first-order valence-corrected chi connectivity index (χ1v) is 5.29. The van der Waals surface area contributed by atoms with Crippen molar-refractivity contribution in [1.29, 1.82) is 0 Å². The summed E-state index contributed by atoms with van der Waals surface area (Å²) in [6.45, 7) is 6.28. The molecule has 0 aliphatic carbocycles. The molecule has 0 saturated carbocycles. The van der Waals surface area contributed by atoms with E-state index in [1.165, 1.54) is 0 Å². The third-order valence-corrected chi connectivity index (χ3v) is 2.12. The molecule has 0 aliphatic heterocycles. The molecule has 0 saturated heterocycles. The molecule has 0 amide bonds. The molecular weight excluding hydrogens is 228 g/mol. The molecule has 2 nitrogen and oxygen atoms in total. The van der Waals surface area contributed by atoms with Crippen LogP contribution < -0.4 is 5.32 Å². The van der Waals surface area contributed by atoms with Crippen molar-refractivity contribution in [3.8, 4) is 0 Å². The number of hydrogen-bond acceptors (Lipinski definition) is 2. The van der Waals surface area contributed by atoms with Gasteiger partial charge in [0.05, 0.1) is 5.69 Å². The molecule has 1 rings (SSSR count). The fourth-order valence-corrected chi connectivity index (χ4v) is 1.23. The van der Waals surface area contributed by atoms with Crippen molar-refractivity contribution in [2.45, 2.75) is 20.4 Å². The van der Waals surface area contributed by atoms with Gasteiger partial charge in [0.25, 0.3) is 0 Å². The molecule has 0 aliphatic rings. The first kappa shape index (κ1) is 10.7. The minimum absolute atomic E-state index is 0.690. The third-order valence-electron chi connectivity index (χ3n) is 1.65. The minimum Gasteiger partial charge on any atom is -0.311 e. The number of pyridine rings is 1. The van der Waals surface area contributed by atoms with Crippen LogP contribution >= 0.6 is 15.9 Å². The molecule has 0 bridgehead atoms. The highest BCUT2D eigenvalue weighted by molar-refractivity contribution is 9.10. The fourth-order valence-electron chi connectivity index (χ4n) is 1.000. The van der Waals surface area contributed by atoms with Gasteiger partial charge in [-0.05, 0) is 40.5 Å². The zero-order valence-electron chi connectivity index (χ0n) is 8.05. The maximum atomic E-state index is 4.27. The molecule has 1 N–H and O–H groups in total. The maximum absolute atomic E-state index is 4.27. The summed E-state index contributed by atoms with van der Waals surface area (Å²) >= 11 is 3.35. The molecule has 1 heterocycles. The maximum Gasteiger partial charge on any atom is 0.0542 e. The van der Waals surface area contributed by atoms with Gasteiger partial charge in [-0.15, -0.1) is 0 Å². The summed E-state index contributed by atoms with van der Waals surface area (Å²) in [7, 11) is 0. The Hall–Kier alpha value is -0.410. The quantitative estimate of drug-likeness (QED) is 0.879. The van der Waals surface area contributed by atoms with Gasteiger partial charge in [0.1, 0.15) is 0 Å². The molecular formula is C10H15BrN2. The Morgan fingerprint density at radius 1 is 1.46 bits per heavy atom. The van der Waals surface area contributed by atoms with Gasteiger partial charge in [0.2, 0.25) is 0 Å². The Bertz CT molecular complexity index is 244. The number of nitrogens with zero attached hydrogens (tertiary/aromatic N) is 1. The van der Waals surface area contributed by atoms with E-state index in [9.17, 15) is 0 Å². The predicted octanol–water partition coefficient (Wildman–Crippen LogP) is 2.59. The molecule has 13 heavy (non-hydrogen) atoms. The van der Waals surface area contributed by atoms with Gasteiger partial charge >= 0.3 is 0 Å². The molecule has 1 aromatic rings. The van der Waals surface area contributed by atoms with E-state index in [4.69, 9.17) is 0 Å². The second kappa shape index (κ2) is 5.35. The summed E-state index contributed by atoms with van der Waals surface area (Å²) in [5, 5.41) is 3.34. The van der Waals surface area contributed by atoms with E-state index in [2.05, 4.69) is 40.1 Å². The van der Waals surface area contributed by atoms with Crippen LogP contribution in [0.3, 0.4) is 0 Å². The first-order valence-electron chi connectivity index (χ1n) is 4.49. The Morgan fingerprint density at radius 2 is 2.23 bits per heavy atom. The topological polar surface area (TPSA) is 24.9 Å². The van der Waals surface area contributed by atoms with Crippen LogP contribution in [0.5, 0.6) is 0 Å². The van der Waals surface area contributed by atoms with Crippen LogP contribution in [0, 0.1) is 5.92 Å². The smallest absolute Gasteiger partial charge is 0.0542 e. The lowest BCUT2D eigenvalue weighted by Gasteiger charge is -2.06. The van der Waals surface area contributed by atoms with Crippen molar-refractivity contribution in [2.75, 3.05) is 6.54 Å². The van der Waals surface area contributed by atoms with Crippen molar-refractivity contribution in [2.24, 2.45) is 5.92 Å². The fraction of sp³-hybridized carbons (Fsp3) is 0.500. The lowest BCUT2D eigenvalue weighted by molar-refractivity contribution is 0.548. The number of hydrogen-bond donors (Lipinski definition) is 1. The van der Waals surface area contributed by atoms with Crippen LogP contribution in [0.25, 0.3) is 0 Å². The average Bonchev–Trinajstić information content (AvgIpc) is 2.08. The second-order valence-electron chi connectivity index (χ2n) is 3.49. The lowest BCUT2D eigenvalue weighted by Crippen LogP contribution is -2.19. The average molecular weight is 243 g/mol. The van der Waals surface area contributed by atoms with Crippen LogP contribution in [0.2, 0.25) is 0 Å². The molecule has 0 aromatic carbocycles. The summed E-state index contributed by atoms with van der Waals surface area (Å²) in [5.74, 6) is 0.690. The minimum atomic E-state index is 0.690. The number of halogens is 1. The molecule has 0 radical (unpaired) electrons. The lowest BCUT2D eigenvalue weighted by atomic mass is 10.2. The third kappa shape index (κ3) is 4.39. The molecule has 3 heteroatoms. The van der Waals surface area contributed by atoms with Crippen LogP contribution in [-0.4, -0.2) is 11.5 Å². The van der Waals surface area contributed by atoms with Crippen LogP contribution in [0.1, 0.15) is 19.5 Å². The van der Waals surface area contributed by atoms with E-state index in [0.29, 0.717) is 5.92 Å². The van der Waals surface area contributed by atoms with Crippen LogP contribution in [-0.2, 0) is 6.54 Å². The highest BCUT2D eigenvalue weighted by Crippen LogP contribution is 2.07. The number of aromatic nitrogens is 1. The molecule has 0 unspecified atom stereocenters. The van der Waals surface area contributed by atoms with Crippen LogP contribution in [0.15, 0.2) is 22.8 Å². The van der Waals surface area contributed by atoms with Gasteiger partial charge in [0, 0.05) is 17.2 Å². The van der Waals surface area contributed by atoms with E-state index in [-0.39, 0.29) is 0 Å². The molecule has 0 spiro atoms. The summed E-state index contributed by atoms with van der Waals surface area (Å²) < 4.78 is 1.03. The van der Waals surface area contributed by atoms with Crippen molar-refractivity contribution in [3.63, 3.8) is 0 Å². The first-order chi connectivity index (χ1) is 6.18. The monoisotopic (exact) mass is 242 g/mol. The van der Waals surface area contributed by atoms with Crippen molar-refractivity contribution in [1.82, 2.24) is 10.3 Å². The zero-order chi connectivity index (χ0) is 9.68. The number of rotatable bonds is 4. The Balaban J connectivity index is 2.33. The second-order valence-corrected chi connectivity index (χ2v) is 4.41. The highest BCUT2D eigenvalue weighted by Gasteiger charge is 1.95. The Morgan fingerprint density at radius 3 is 2.77 bits per heavy atom. The van der Waals surface area contributed by atoms with E-state index in [1.807, 2.05) is 18.3 Å². The van der Waals surface area contributed by atoms with E-state index in [0.717, 1.165) is 23.3 Å². The Kier molecular flexibility index (Phi) is 4.39. The van der Waals surface area contributed by atoms with Gasteiger partial charge in [-0.3, -0.25) is 4.98 Å². The predicted molar refractivity (Wildman–Crippen MR) is 58.5 cm³/mol. The van der Waals surface area contributed by atoms with Crippen molar-refractivity contribution in [3.05, 3.63) is 28.5 Å². The molecule has 0 atom stereocenters. The van der Waals surface area contributed by atoms with E-state index in [1.54, 1.807) is 0 Å². The standard InChI is InChI=1S/C10H15BrN2/c1-8(2)5-12-7-10-4-3-9(11)6-13-10/h3-4,6,8,12H,5,7H2,1-2H3. The highest BCUT2D eigenvalue weighted by atomic mass is 79.9. The molecule has 1 aromatic heterocycles. The van der Waals surface area contributed by atoms with E-state index >= 15 is 0 Å². The SMILES string of the molecule is CC(C)CNCc1ccc(Br)cn1. The van der Waals surface area contributed by atoms with Gasteiger partial charge in [-0.1, -0.05) is 13.8 Å². The summed E-state index contributed by atoms with van der Waals surface area (Å²) in [4.78, 5) is 4.27. The molecule has 72 valence electrons. The normalized spacial score (nSPS) is 10.8. The van der Waals surface area contributed by atoms with Crippen LogP contribution in [0.4, 0.5) is 0 Å². The van der Waals surface area contributed by atoms with Gasteiger partial charge in [-0.2, -0.15) is 0 Å². The van der Waals surface area contributed by atoms with Gasteiger partial charge in [-0.25, -0.2) is 0 Å².